The third-order valence-electron chi connectivity index (χ3n) is 2.49. The normalized spacial score (nSPS) is 14.0. The summed E-state index contributed by atoms with van der Waals surface area (Å²) in [6.45, 7) is 0. The highest BCUT2D eigenvalue weighted by molar-refractivity contribution is 7.81. The smallest absolute Gasteiger partial charge is 0.449 e. The molecule has 0 saturated carbocycles. The Morgan fingerprint density at radius 2 is 1.90 bits per heavy atom. The summed E-state index contributed by atoms with van der Waals surface area (Å²) in [6.07, 6.45) is -5.90. The van der Waals surface area contributed by atoms with Crippen molar-refractivity contribution in [1.29, 1.82) is 0 Å². The number of carboxylic acids is 1. The van der Waals surface area contributed by atoms with Crippen molar-refractivity contribution in [3.63, 3.8) is 0 Å². The van der Waals surface area contributed by atoms with Crippen LogP contribution in [0.3, 0.4) is 0 Å². The van der Waals surface area contributed by atoms with Crippen molar-refractivity contribution in [2.24, 2.45) is 5.73 Å². The van der Waals surface area contributed by atoms with E-state index in [-0.39, 0.29) is 0 Å². The maximum atomic E-state index is 12.3. The molecule has 1 aromatic rings. The van der Waals surface area contributed by atoms with Gasteiger partial charge < -0.3 is 15.3 Å². The number of carbonyl (C=O) groups excluding carboxylic acids is 1. The maximum Gasteiger partial charge on any atom is 0.449 e. The fraction of sp³-hybridized carbons (Fsp3) is 0.400. The van der Waals surface area contributed by atoms with Crippen molar-refractivity contribution in [1.82, 2.24) is 0 Å². The van der Waals surface area contributed by atoms with Gasteiger partial charge in [0.15, 0.2) is 0 Å². The molecule has 0 radical (unpaired) electrons. The minimum Gasteiger partial charge on any atom is -0.480 e. The Kier molecular flexibility index (Phi) is 5.11. The SMILES string of the molecule is N[C@@H](CC[P+](O)(O)C(=O)c1ccc(C(F)(F)F)o1)C(=O)O. The molecule has 0 bridgehead atoms. The van der Waals surface area contributed by atoms with E-state index in [4.69, 9.17) is 10.8 Å². The van der Waals surface area contributed by atoms with Gasteiger partial charge in [-0.05, 0) is 12.1 Å². The summed E-state index contributed by atoms with van der Waals surface area (Å²) in [5.74, 6) is -3.71. The Balaban J connectivity index is 2.81. The summed E-state index contributed by atoms with van der Waals surface area (Å²) >= 11 is 0. The minimum absolute atomic E-state index is 0.422. The first-order valence-corrected chi connectivity index (χ1v) is 7.37. The average molecular weight is 330 g/mol. The van der Waals surface area contributed by atoms with Gasteiger partial charge in [-0.25, -0.2) is 14.6 Å². The highest BCUT2D eigenvalue weighted by atomic mass is 31.2. The zero-order valence-corrected chi connectivity index (χ0v) is 11.3. The van der Waals surface area contributed by atoms with Crippen molar-refractivity contribution < 1.29 is 42.1 Å². The number of hydrogen-bond acceptors (Lipinski definition) is 6. The molecule has 21 heavy (non-hydrogen) atoms. The number of rotatable bonds is 6. The zero-order chi connectivity index (χ0) is 16.4. The van der Waals surface area contributed by atoms with Crippen LogP contribution in [-0.4, -0.2) is 38.6 Å². The van der Waals surface area contributed by atoms with E-state index in [2.05, 4.69) is 4.42 Å². The fourth-order valence-corrected chi connectivity index (χ4v) is 2.64. The van der Waals surface area contributed by atoms with Crippen molar-refractivity contribution in [2.75, 3.05) is 6.16 Å². The number of hydrogen-bond donors (Lipinski definition) is 4. The van der Waals surface area contributed by atoms with Crippen molar-refractivity contribution in [3.05, 3.63) is 23.7 Å². The summed E-state index contributed by atoms with van der Waals surface area (Å²) in [5, 5.41) is 8.52. The van der Waals surface area contributed by atoms with Gasteiger partial charge in [-0.2, -0.15) is 13.2 Å². The number of nitrogens with two attached hydrogens (primary N) is 1. The Morgan fingerprint density at radius 1 is 1.33 bits per heavy atom. The number of alkyl halides is 3. The van der Waals surface area contributed by atoms with E-state index >= 15 is 0 Å². The molecule has 0 fully saturated rings. The predicted molar refractivity (Wildman–Crippen MR) is 64.5 cm³/mol. The molecule has 0 aliphatic carbocycles. The van der Waals surface area contributed by atoms with Gasteiger partial charge in [0.1, 0.15) is 12.2 Å². The first kappa shape index (κ1) is 17.6. The number of carbonyl (C=O) groups is 2. The van der Waals surface area contributed by atoms with E-state index in [1.807, 2.05) is 0 Å². The van der Waals surface area contributed by atoms with Gasteiger partial charge in [-0.1, -0.05) is 0 Å². The summed E-state index contributed by atoms with van der Waals surface area (Å²) in [5.41, 5.74) is 3.73. The fourth-order valence-electron chi connectivity index (χ4n) is 1.33. The van der Waals surface area contributed by atoms with Crippen molar-refractivity contribution >= 4 is 19.2 Å². The first-order chi connectivity index (χ1) is 9.45. The van der Waals surface area contributed by atoms with Gasteiger partial charge in [0.2, 0.25) is 11.5 Å². The molecule has 0 aliphatic rings. The second kappa shape index (κ2) is 6.10. The molecular formula is C10H12F3NO6P+. The van der Waals surface area contributed by atoms with Crippen LogP contribution in [0.2, 0.25) is 0 Å². The van der Waals surface area contributed by atoms with E-state index in [0.29, 0.717) is 12.1 Å². The molecule has 0 unspecified atom stereocenters. The zero-order valence-electron chi connectivity index (χ0n) is 10.4. The van der Waals surface area contributed by atoms with E-state index in [1.54, 1.807) is 0 Å². The maximum absolute atomic E-state index is 12.3. The Bertz CT molecular complexity index is 541. The van der Waals surface area contributed by atoms with Crippen LogP contribution in [0.4, 0.5) is 13.2 Å². The molecule has 1 aromatic heterocycles. The van der Waals surface area contributed by atoms with Crippen molar-refractivity contribution in [3.8, 4) is 0 Å². The quantitative estimate of drug-likeness (QED) is 0.573. The van der Waals surface area contributed by atoms with Gasteiger partial charge in [-0.3, -0.25) is 4.79 Å². The van der Waals surface area contributed by atoms with Crippen LogP contribution in [0.15, 0.2) is 16.5 Å². The second-order valence-corrected chi connectivity index (χ2v) is 6.47. The van der Waals surface area contributed by atoms with E-state index < -0.39 is 55.5 Å². The highest BCUT2D eigenvalue weighted by Gasteiger charge is 2.48. The van der Waals surface area contributed by atoms with Crippen LogP contribution in [0.25, 0.3) is 0 Å². The lowest BCUT2D eigenvalue weighted by molar-refractivity contribution is -0.153. The molecule has 5 N–H and O–H groups in total. The molecule has 118 valence electrons. The lowest BCUT2D eigenvalue weighted by atomic mass is 10.2. The second-order valence-electron chi connectivity index (χ2n) is 4.15. The summed E-state index contributed by atoms with van der Waals surface area (Å²) in [6, 6.07) is -0.265. The standard InChI is InChI=1S/C10H11F3NO6P/c11-10(12,13)7-2-1-6(20-7)9(17)21(18,19)4-3-5(14)8(15)16/h1-2,5,18-19H,3-4,14H2/p+1/t5-/m0/s1. The number of carboxylic acid groups (broad SMARTS) is 1. The number of furan rings is 1. The Morgan fingerprint density at radius 3 is 2.33 bits per heavy atom. The average Bonchev–Trinajstić information content (AvgIpc) is 2.84. The Hall–Kier alpha value is -1.48. The topological polar surface area (TPSA) is 134 Å². The summed E-state index contributed by atoms with van der Waals surface area (Å²) in [4.78, 5) is 41.4. The van der Waals surface area contributed by atoms with Crippen LogP contribution in [0, 0.1) is 0 Å². The molecule has 0 spiro atoms. The van der Waals surface area contributed by atoms with Crippen molar-refractivity contribution in [2.45, 2.75) is 18.6 Å². The van der Waals surface area contributed by atoms with Crippen LogP contribution in [0.5, 0.6) is 0 Å². The molecule has 0 aliphatic heterocycles. The first-order valence-electron chi connectivity index (χ1n) is 5.49. The van der Waals surface area contributed by atoms with Gasteiger partial charge in [0.05, 0.1) is 0 Å². The van der Waals surface area contributed by atoms with Gasteiger partial charge in [-0.15, -0.1) is 0 Å². The number of aliphatic carboxylic acids is 1. The molecule has 0 amide bonds. The molecule has 0 saturated heterocycles. The Labute approximate surface area is 116 Å². The van der Waals surface area contributed by atoms with Crippen LogP contribution >= 0.6 is 7.72 Å². The molecular weight excluding hydrogens is 318 g/mol. The molecule has 11 heteroatoms. The minimum atomic E-state index is -4.81. The summed E-state index contributed by atoms with van der Waals surface area (Å²) in [7, 11) is -4.33. The van der Waals surface area contributed by atoms with Gasteiger partial charge >= 0.3 is 25.4 Å². The lowest BCUT2D eigenvalue weighted by Crippen LogP contribution is -2.31. The molecule has 7 nitrogen and oxygen atoms in total. The van der Waals surface area contributed by atoms with Gasteiger partial charge in [0, 0.05) is 6.42 Å². The summed E-state index contributed by atoms with van der Waals surface area (Å²) < 4.78 is 41.1. The molecule has 1 heterocycles. The third-order valence-corrected chi connectivity index (χ3v) is 4.24. The van der Waals surface area contributed by atoms with Crippen LogP contribution < -0.4 is 5.73 Å². The molecule has 1 rings (SSSR count). The lowest BCUT2D eigenvalue weighted by Gasteiger charge is -2.11. The van der Waals surface area contributed by atoms with E-state index in [1.165, 1.54) is 0 Å². The largest absolute Gasteiger partial charge is 0.480 e. The molecule has 1 atom stereocenters. The highest BCUT2D eigenvalue weighted by Crippen LogP contribution is 2.53. The van der Waals surface area contributed by atoms with Gasteiger partial charge in [0.25, 0.3) is 0 Å². The third kappa shape index (κ3) is 4.50. The van der Waals surface area contributed by atoms with Crippen LogP contribution in [-0.2, 0) is 11.0 Å². The number of halogens is 3. The molecule has 0 aromatic carbocycles. The van der Waals surface area contributed by atoms with E-state index in [0.717, 1.165) is 0 Å². The predicted octanol–water partition coefficient (Wildman–Crippen LogP) is 1.07. The van der Waals surface area contributed by atoms with E-state index in [9.17, 15) is 32.5 Å². The van der Waals surface area contributed by atoms with Crippen LogP contribution in [0.1, 0.15) is 22.7 Å². The monoisotopic (exact) mass is 330 g/mol.